The Balaban J connectivity index is 1.93. The highest BCUT2D eigenvalue weighted by Crippen LogP contribution is 2.23. The van der Waals surface area contributed by atoms with Gasteiger partial charge in [-0.2, -0.15) is 5.11 Å². The largest absolute Gasteiger partial charge is 0.462 e. The average molecular weight is 270 g/mol. The second-order valence-electron chi connectivity index (χ2n) is 4.24. The lowest BCUT2D eigenvalue weighted by molar-refractivity contribution is -0.139. The van der Waals surface area contributed by atoms with E-state index in [1.54, 1.807) is 6.92 Å². The molecule has 6 heteroatoms. The van der Waals surface area contributed by atoms with Gasteiger partial charge in [-0.1, -0.05) is 25.8 Å². The topological polar surface area (TPSA) is 68.1 Å². The highest BCUT2D eigenvalue weighted by atomic mass is 32.2. The van der Waals surface area contributed by atoms with Crippen molar-refractivity contribution in [2.45, 2.75) is 45.1 Å². The molecule has 0 radical (unpaired) electrons. The van der Waals surface area contributed by atoms with Crippen LogP contribution >= 0.6 is 11.9 Å². The second kappa shape index (κ2) is 8.02. The fourth-order valence-electron chi connectivity index (χ4n) is 1.49. The molecule has 0 aromatic rings. The number of hydrogen-bond donors (Lipinski definition) is 0. The van der Waals surface area contributed by atoms with Crippen LogP contribution in [0.5, 0.6) is 0 Å². The second-order valence-corrected chi connectivity index (χ2v) is 4.99. The van der Waals surface area contributed by atoms with Crippen LogP contribution in [0.15, 0.2) is 21.8 Å². The van der Waals surface area contributed by atoms with Crippen LogP contribution in [0.1, 0.15) is 39.0 Å². The number of unbranched alkanes of at least 4 members (excludes halogenated alkanes) is 3. The van der Waals surface area contributed by atoms with E-state index in [9.17, 15) is 9.59 Å². The van der Waals surface area contributed by atoms with Crippen LogP contribution in [0.4, 0.5) is 0 Å². The zero-order valence-corrected chi connectivity index (χ0v) is 11.4. The number of nitrogens with zero attached hydrogens (tertiary/aromatic N) is 2. The smallest absolute Gasteiger partial charge is 0.333 e. The van der Waals surface area contributed by atoms with Gasteiger partial charge in [0.15, 0.2) is 0 Å². The van der Waals surface area contributed by atoms with Gasteiger partial charge in [0.25, 0.3) is 0 Å². The summed E-state index contributed by atoms with van der Waals surface area (Å²) in [7, 11) is 0. The Hall–Kier alpha value is -1.17. The van der Waals surface area contributed by atoms with E-state index in [-0.39, 0.29) is 17.1 Å². The number of rotatable bonds is 8. The van der Waals surface area contributed by atoms with Crippen molar-refractivity contribution in [3.05, 3.63) is 12.2 Å². The number of hydrogen-bond acceptors (Lipinski definition) is 6. The summed E-state index contributed by atoms with van der Waals surface area (Å²) in [6.45, 7) is 5.57. The lowest BCUT2D eigenvalue weighted by Gasteiger charge is -2.05. The molecule has 0 N–H and O–H groups in total. The van der Waals surface area contributed by atoms with Crippen molar-refractivity contribution in [2.75, 3.05) is 6.61 Å². The molecule has 1 aliphatic heterocycles. The quantitative estimate of drug-likeness (QED) is 0.294. The van der Waals surface area contributed by atoms with E-state index in [4.69, 9.17) is 4.74 Å². The summed E-state index contributed by atoms with van der Waals surface area (Å²) in [5.41, 5.74) is 0.428. The van der Waals surface area contributed by atoms with Gasteiger partial charge >= 0.3 is 5.97 Å². The van der Waals surface area contributed by atoms with Crippen LogP contribution in [-0.4, -0.2) is 23.7 Å². The lowest BCUT2D eigenvalue weighted by Crippen LogP contribution is -2.10. The third-order valence-corrected chi connectivity index (χ3v) is 3.17. The maximum atomic E-state index is 11.2. The molecule has 0 saturated carbocycles. The van der Waals surface area contributed by atoms with Crippen molar-refractivity contribution in [3.63, 3.8) is 0 Å². The molecule has 1 aliphatic rings. The van der Waals surface area contributed by atoms with Gasteiger partial charge in [0.2, 0.25) is 5.12 Å². The fourth-order valence-corrected chi connectivity index (χ4v) is 2.01. The average Bonchev–Trinajstić information content (AvgIpc) is 2.73. The number of carbonyl (C=O) groups is 2. The van der Waals surface area contributed by atoms with Gasteiger partial charge < -0.3 is 4.74 Å². The van der Waals surface area contributed by atoms with Crippen LogP contribution < -0.4 is 0 Å². The summed E-state index contributed by atoms with van der Waals surface area (Å²) in [6.07, 6.45) is 4.54. The molecule has 0 amide bonds. The molecule has 0 saturated heterocycles. The lowest BCUT2D eigenvalue weighted by atomic mass is 10.1. The van der Waals surface area contributed by atoms with Gasteiger partial charge in [-0.05, 0) is 19.8 Å². The maximum absolute atomic E-state index is 11.2. The highest BCUT2D eigenvalue weighted by molar-refractivity contribution is 8.12. The Bertz CT molecular complexity index is 355. The Morgan fingerprint density at radius 1 is 1.39 bits per heavy atom. The van der Waals surface area contributed by atoms with E-state index in [1.807, 2.05) is 0 Å². The van der Waals surface area contributed by atoms with E-state index in [0.717, 1.165) is 44.1 Å². The maximum Gasteiger partial charge on any atom is 0.333 e. The molecule has 0 aliphatic carbocycles. The molecule has 1 heterocycles. The Labute approximate surface area is 111 Å². The molecular weight excluding hydrogens is 252 g/mol. The molecule has 18 heavy (non-hydrogen) atoms. The zero-order chi connectivity index (χ0) is 13.4. The Morgan fingerprint density at radius 3 is 2.72 bits per heavy atom. The summed E-state index contributed by atoms with van der Waals surface area (Å²) < 4.78 is 8.61. The Kier molecular flexibility index (Phi) is 6.64. The molecule has 0 spiro atoms. The van der Waals surface area contributed by atoms with Crippen LogP contribution in [0.25, 0.3) is 0 Å². The van der Waals surface area contributed by atoms with E-state index >= 15 is 0 Å². The predicted octanol–water partition coefficient (Wildman–Crippen LogP) is 3.07. The van der Waals surface area contributed by atoms with E-state index < -0.39 is 0 Å². The van der Waals surface area contributed by atoms with Crippen LogP contribution in [0.3, 0.4) is 0 Å². The number of ether oxygens (including phenoxy) is 1. The summed E-state index contributed by atoms with van der Waals surface area (Å²) in [5.74, 6) is -0.330. The normalized spacial score (nSPS) is 18.1. The summed E-state index contributed by atoms with van der Waals surface area (Å²) >= 11 is 0.937. The summed E-state index contributed by atoms with van der Waals surface area (Å²) in [6, 6.07) is -0.240. The fraction of sp³-hybridized carbons (Fsp3) is 0.667. The molecule has 1 unspecified atom stereocenters. The zero-order valence-electron chi connectivity index (χ0n) is 10.6. The van der Waals surface area contributed by atoms with Crippen LogP contribution in [0.2, 0.25) is 0 Å². The molecule has 1 atom stereocenters. The van der Waals surface area contributed by atoms with Crippen LogP contribution in [0, 0.1) is 0 Å². The van der Waals surface area contributed by atoms with Gasteiger partial charge in [0.1, 0.15) is 6.04 Å². The predicted molar refractivity (Wildman–Crippen MR) is 70.1 cm³/mol. The summed E-state index contributed by atoms with van der Waals surface area (Å²) in [5, 5.41) is 3.90. The SMILES string of the molecule is C=C(C)C(=O)OCCCCCCC1N=NSC1=O. The van der Waals surface area contributed by atoms with Crippen molar-refractivity contribution in [2.24, 2.45) is 9.63 Å². The third-order valence-electron chi connectivity index (χ3n) is 2.54. The van der Waals surface area contributed by atoms with Gasteiger partial charge in [-0.25, -0.2) is 4.79 Å². The minimum Gasteiger partial charge on any atom is -0.462 e. The molecular formula is C12H18N2O3S. The van der Waals surface area contributed by atoms with Crippen molar-refractivity contribution < 1.29 is 14.3 Å². The molecule has 0 bridgehead atoms. The molecule has 1 rings (SSSR count). The van der Waals surface area contributed by atoms with Crippen molar-refractivity contribution in [1.29, 1.82) is 0 Å². The molecule has 0 fully saturated rings. The first-order chi connectivity index (χ1) is 8.61. The van der Waals surface area contributed by atoms with Crippen molar-refractivity contribution >= 4 is 23.0 Å². The van der Waals surface area contributed by atoms with Crippen molar-refractivity contribution in [3.8, 4) is 0 Å². The monoisotopic (exact) mass is 270 g/mol. The van der Waals surface area contributed by atoms with Crippen molar-refractivity contribution in [1.82, 2.24) is 0 Å². The van der Waals surface area contributed by atoms with Gasteiger partial charge in [-0.15, -0.1) is 4.52 Å². The minimum atomic E-state index is -0.330. The van der Waals surface area contributed by atoms with Gasteiger partial charge in [0.05, 0.1) is 18.6 Å². The van der Waals surface area contributed by atoms with E-state index in [0.29, 0.717) is 12.2 Å². The third kappa shape index (κ3) is 5.44. The van der Waals surface area contributed by atoms with Crippen LogP contribution in [-0.2, 0) is 14.3 Å². The van der Waals surface area contributed by atoms with E-state index in [2.05, 4.69) is 16.2 Å². The Morgan fingerprint density at radius 2 is 2.11 bits per heavy atom. The van der Waals surface area contributed by atoms with E-state index in [1.165, 1.54) is 0 Å². The molecule has 0 aromatic heterocycles. The van der Waals surface area contributed by atoms with Gasteiger partial charge in [0, 0.05) is 5.57 Å². The highest BCUT2D eigenvalue weighted by Gasteiger charge is 2.22. The first-order valence-corrected chi connectivity index (χ1v) is 6.82. The van der Waals surface area contributed by atoms with Gasteiger partial charge in [-0.3, -0.25) is 4.79 Å². The summed E-state index contributed by atoms with van der Waals surface area (Å²) in [4.78, 5) is 22.2. The first-order valence-electron chi connectivity index (χ1n) is 6.05. The standard InChI is InChI=1S/C12H18N2O3S/c1-9(2)11(15)17-8-6-4-3-5-7-10-12(16)18-14-13-10/h10H,1,3-8H2,2H3. The minimum absolute atomic E-state index is 0.0467. The molecule has 0 aromatic carbocycles. The molecule has 100 valence electrons. The number of carbonyl (C=O) groups excluding carboxylic acids is 2. The number of esters is 1. The molecule has 5 nitrogen and oxygen atoms in total. The first kappa shape index (κ1) is 14.9.